The van der Waals surface area contributed by atoms with Gasteiger partial charge in [0.05, 0.1) is 34.3 Å². The molecule has 5 aromatic rings. The molecular weight excluding hydrogens is 477 g/mol. The van der Waals surface area contributed by atoms with Crippen molar-refractivity contribution in [3.63, 3.8) is 0 Å². The van der Waals surface area contributed by atoms with Gasteiger partial charge in [-0.2, -0.15) is 23.0 Å². The van der Waals surface area contributed by atoms with Crippen LogP contribution in [-0.4, -0.2) is 40.0 Å². The van der Waals surface area contributed by atoms with Crippen molar-refractivity contribution in [1.29, 1.82) is 0 Å². The third-order valence-electron chi connectivity index (χ3n) is 4.69. The van der Waals surface area contributed by atoms with Crippen molar-refractivity contribution in [2.24, 2.45) is 0 Å². The molecule has 0 bridgehead atoms. The van der Waals surface area contributed by atoms with Gasteiger partial charge in [-0.1, -0.05) is 41.6 Å². The number of benzene rings is 2. The van der Waals surface area contributed by atoms with Crippen LogP contribution in [0.1, 0.15) is 11.4 Å². The van der Waals surface area contributed by atoms with E-state index in [-0.39, 0.29) is 22.3 Å². The van der Waals surface area contributed by atoms with Crippen LogP contribution in [0.3, 0.4) is 0 Å². The highest BCUT2D eigenvalue weighted by atomic mass is 35.5. The topological polar surface area (TPSA) is 87.2 Å². The molecule has 0 aliphatic heterocycles. The Bertz CT molecular complexity index is 1430. The number of thioether (sulfide) groups is 1. The molecule has 13 heteroatoms. The molecule has 0 aliphatic carbocycles. The van der Waals surface area contributed by atoms with E-state index in [2.05, 4.69) is 30.6 Å². The maximum atomic E-state index is 13.5. The Morgan fingerprint density at radius 2 is 1.82 bits per heavy atom. The molecule has 0 amide bonds. The Morgan fingerprint density at radius 1 is 1.00 bits per heavy atom. The maximum Gasteiger partial charge on any atom is 0.418 e. The predicted octanol–water partition coefficient (Wildman–Crippen LogP) is 4.76. The number of hydrogen-bond acceptors (Lipinski definition) is 7. The quantitative estimate of drug-likeness (QED) is 0.260. The second-order valence-electron chi connectivity index (χ2n) is 6.76. The summed E-state index contributed by atoms with van der Waals surface area (Å²) in [6, 6.07) is 12.9. The number of alkyl halides is 3. The molecular formula is C20H12ClF3N8S. The molecule has 2 aromatic carbocycles. The molecule has 0 spiro atoms. The molecule has 5 rings (SSSR count). The van der Waals surface area contributed by atoms with Gasteiger partial charge in [-0.3, -0.25) is 0 Å². The van der Waals surface area contributed by atoms with Crippen molar-refractivity contribution in [3.05, 3.63) is 77.5 Å². The summed E-state index contributed by atoms with van der Waals surface area (Å²) in [6.07, 6.45) is -1.56. The van der Waals surface area contributed by atoms with Crippen LogP contribution in [0.2, 0.25) is 5.02 Å². The van der Waals surface area contributed by atoms with Crippen LogP contribution in [0.5, 0.6) is 0 Å². The monoisotopic (exact) mass is 488 g/mol. The second-order valence-corrected chi connectivity index (χ2v) is 8.16. The van der Waals surface area contributed by atoms with Crippen LogP contribution in [0, 0.1) is 0 Å². The number of tetrazole rings is 1. The number of nitrogens with zero attached hydrogens (tertiary/aromatic N) is 8. The first kappa shape index (κ1) is 21.3. The standard InChI is InChI=1S/C20H12ClF3N8S/c21-12-6-7-16(15(8-12)20(22,23)24)32-17(28-29-30-32)10-33-19-14-9-27-31(18(14)25-11-26-19)13-4-2-1-3-5-13/h1-9,11H,10H2. The van der Waals surface area contributed by atoms with E-state index < -0.39 is 11.7 Å². The van der Waals surface area contributed by atoms with Crippen molar-refractivity contribution in [2.45, 2.75) is 17.0 Å². The van der Waals surface area contributed by atoms with Gasteiger partial charge in [-0.25, -0.2) is 14.6 Å². The SMILES string of the molecule is FC(F)(F)c1cc(Cl)ccc1-n1nnnc1CSc1ncnc2c1cnn2-c1ccccc1. The number of hydrogen-bond donors (Lipinski definition) is 0. The molecule has 0 unspecified atom stereocenters. The molecule has 8 nitrogen and oxygen atoms in total. The van der Waals surface area contributed by atoms with Crippen LogP contribution < -0.4 is 0 Å². The van der Waals surface area contributed by atoms with Gasteiger partial charge in [0.15, 0.2) is 11.5 Å². The van der Waals surface area contributed by atoms with Gasteiger partial charge in [0.2, 0.25) is 0 Å². The highest BCUT2D eigenvalue weighted by molar-refractivity contribution is 7.98. The fraction of sp³-hybridized carbons (Fsp3) is 0.100. The molecule has 0 saturated heterocycles. The lowest BCUT2D eigenvalue weighted by atomic mass is 10.1. The lowest BCUT2D eigenvalue weighted by Gasteiger charge is -2.13. The van der Waals surface area contributed by atoms with Gasteiger partial charge >= 0.3 is 6.18 Å². The predicted molar refractivity (Wildman–Crippen MR) is 115 cm³/mol. The minimum Gasteiger partial charge on any atom is -0.229 e. The summed E-state index contributed by atoms with van der Waals surface area (Å²) in [7, 11) is 0. The molecule has 0 fully saturated rings. The average Bonchev–Trinajstić information content (AvgIpc) is 3.45. The number of fused-ring (bicyclic) bond motifs is 1. The van der Waals surface area contributed by atoms with Crippen LogP contribution in [0.25, 0.3) is 22.4 Å². The molecule has 0 aliphatic rings. The molecule has 166 valence electrons. The van der Waals surface area contributed by atoms with E-state index in [0.29, 0.717) is 16.1 Å². The summed E-state index contributed by atoms with van der Waals surface area (Å²) >= 11 is 7.05. The smallest absolute Gasteiger partial charge is 0.229 e. The normalized spacial score (nSPS) is 11.9. The van der Waals surface area contributed by atoms with Crippen LogP contribution in [-0.2, 0) is 11.9 Å². The minimum atomic E-state index is -4.62. The van der Waals surface area contributed by atoms with Gasteiger partial charge in [0.25, 0.3) is 0 Å². The Balaban J connectivity index is 1.46. The Labute approximate surface area is 193 Å². The van der Waals surface area contributed by atoms with Gasteiger partial charge in [0, 0.05) is 5.02 Å². The second kappa shape index (κ2) is 8.45. The maximum absolute atomic E-state index is 13.5. The van der Waals surface area contributed by atoms with Gasteiger partial charge < -0.3 is 0 Å². The summed E-state index contributed by atoms with van der Waals surface area (Å²) in [5, 5.41) is 16.9. The third kappa shape index (κ3) is 4.14. The minimum absolute atomic E-state index is 0.0334. The first-order valence-corrected chi connectivity index (χ1v) is 10.8. The van der Waals surface area contributed by atoms with E-state index in [4.69, 9.17) is 11.6 Å². The van der Waals surface area contributed by atoms with Crippen LogP contribution in [0.4, 0.5) is 13.2 Å². The highest BCUT2D eigenvalue weighted by Crippen LogP contribution is 2.36. The number of aromatic nitrogens is 8. The summed E-state index contributed by atoms with van der Waals surface area (Å²) < 4.78 is 43.4. The first-order valence-electron chi connectivity index (χ1n) is 9.43. The van der Waals surface area contributed by atoms with Gasteiger partial charge in [0.1, 0.15) is 11.4 Å². The zero-order valence-electron chi connectivity index (χ0n) is 16.5. The van der Waals surface area contributed by atoms with E-state index in [0.717, 1.165) is 16.4 Å². The van der Waals surface area contributed by atoms with Gasteiger partial charge in [-0.05, 0) is 40.8 Å². The Kier molecular flexibility index (Phi) is 5.46. The molecule has 3 aromatic heterocycles. The van der Waals surface area contributed by atoms with Crippen LogP contribution in [0.15, 0.2) is 66.1 Å². The largest absolute Gasteiger partial charge is 0.418 e. The fourth-order valence-corrected chi connectivity index (χ4v) is 4.27. The van der Waals surface area contributed by atoms with Crippen molar-refractivity contribution < 1.29 is 13.2 Å². The summed E-state index contributed by atoms with van der Waals surface area (Å²) in [5.41, 5.74) is 0.309. The van der Waals surface area contributed by atoms with Crippen molar-refractivity contribution in [3.8, 4) is 11.4 Å². The van der Waals surface area contributed by atoms with E-state index in [1.165, 1.54) is 30.2 Å². The average molecular weight is 489 g/mol. The zero-order valence-corrected chi connectivity index (χ0v) is 18.1. The van der Waals surface area contributed by atoms with Crippen molar-refractivity contribution >= 4 is 34.4 Å². The number of para-hydroxylation sites is 1. The fourth-order valence-electron chi connectivity index (χ4n) is 3.23. The Hall–Kier alpha value is -3.51. The molecule has 0 radical (unpaired) electrons. The molecule has 0 saturated carbocycles. The molecule has 0 atom stereocenters. The molecule has 0 N–H and O–H groups in total. The zero-order chi connectivity index (χ0) is 23.0. The third-order valence-corrected chi connectivity index (χ3v) is 5.93. The molecule has 33 heavy (non-hydrogen) atoms. The highest BCUT2D eigenvalue weighted by Gasteiger charge is 2.35. The van der Waals surface area contributed by atoms with Crippen LogP contribution >= 0.6 is 23.4 Å². The first-order chi connectivity index (χ1) is 15.9. The van der Waals surface area contributed by atoms with E-state index >= 15 is 0 Å². The Morgan fingerprint density at radius 3 is 2.61 bits per heavy atom. The van der Waals surface area contributed by atoms with E-state index in [1.54, 1.807) is 10.9 Å². The lowest BCUT2D eigenvalue weighted by molar-refractivity contribution is -0.137. The lowest BCUT2D eigenvalue weighted by Crippen LogP contribution is -2.13. The van der Waals surface area contributed by atoms with E-state index in [9.17, 15) is 13.2 Å². The summed E-state index contributed by atoms with van der Waals surface area (Å²) in [5.74, 6) is 0.380. The van der Waals surface area contributed by atoms with Crippen molar-refractivity contribution in [2.75, 3.05) is 0 Å². The van der Waals surface area contributed by atoms with Crippen molar-refractivity contribution in [1.82, 2.24) is 40.0 Å². The number of rotatable bonds is 5. The number of halogens is 4. The molecule has 3 heterocycles. The van der Waals surface area contributed by atoms with E-state index in [1.807, 2.05) is 30.3 Å². The summed E-state index contributed by atoms with van der Waals surface area (Å²) in [4.78, 5) is 8.64. The van der Waals surface area contributed by atoms with Gasteiger partial charge in [-0.15, -0.1) is 5.10 Å². The summed E-state index contributed by atoms with van der Waals surface area (Å²) in [6.45, 7) is 0.